The van der Waals surface area contributed by atoms with Crippen LogP contribution < -0.4 is 14.8 Å². The van der Waals surface area contributed by atoms with Gasteiger partial charge in [-0.05, 0) is 37.7 Å². The zero-order chi connectivity index (χ0) is 15.1. The van der Waals surface area contributed by atoms with Crippen molar-refractivity contribution < 1.29 is 9.47 Å². The fraction of sp³-hybridized carbons (Fsp3) is 0.294. The van der Waals surface area contributed by atoms with Crippen LogP contribution in [0, 0.1) is 6.92 Å². The van der Waals surface area contributed by atoms with Crippen LogP contribution in [0.15, 0.2) is 42.5 Å². The number of halogens is 1. The summed E-state index contributed by atoms with van der Waals surface area (Å²) in [4.78, 5) is 0. The topological polar surface area (TPSA) is 30.5 Å². The Morgan fingerprint density at radius 1 is 1.00 bits per heavy atom. The molecule has 0 radical (unpaired) electrons. The zero-order valence-corrected chi connectivity index (χ0v) is 13.1. The fourth-order valence-corrected chi connectivity index (χ4v) is 2.18. The maximum absolute atomic E-state index is 5.96. The molecule has 0 saturated carbocycles. The van der Waals surface area contributed by atoms with Gasteiger partial charge in [0.1, 0.15) is 24.7 Å². The molecule has 0 amide bonds. The average molecular weight is 306 g/mol. The summed E-state index contributed by atoms with van der Waals surface area (Å²) in [6.07, 6.45) is 0. The maximum Gasteiger partial charge on any atom is 0.123 e. The van der Waals surface area contributed by atoms with Gasteiger partial charge in [-0.3, -0.25) is 0 Å². The molecule has 0 aliphatic carbocycles. The molecular weight excluding hydrogens is 286 g/mol. The number of para-hydroxylation sites is 1. The van der Waals surface area contributed by atoms with Gasteiger partial charge in [0.2, 0.25) is 0 Å². The molecule has 0 aliphatic rings. The van der Waals surface area contributed by atoms with Gasteiger partial charge >= 0.3 is 0 Å². The standard InChI is InChI=1S/C17H20ClNO2/c1-13-7-8-15(18)11-17(13)21-10-9-20-16-6-4-3-5-14(16)12-19-2/h3-8,11,19H,9-10,12H2,1-2H3. The van der Waals surface area contributed by atoms with Crippen LogP contribution in [0.1, 0.15) is 11.1 Å². The lowest BCUT2D eigenvalue weighted by molar-refractivity contribution is 0.215. The van der Waals surface area contributed by atoms with E-state index in [1.54, 1.807) is 0 Å². The molecule has 3 nitrogen and oxygen atoms in total. The quantitative estimate of drug-likeness (QED) is 0.789. The maximum atomic E-state index is 5.96. The molecule has 0 bridgehead atoms. The van der Waals surface area contributed by atoms with Gasteiger partial charge in [0.15, 0.2) is 0 Å². The van der Waals surface area contributed by atoms with Gasteiger partial charge in [0.05, 0.1) is 0 Å². The van der Waals surface area contributed by atoms with E-state index in [4.69, 9.17) is 21.1 Å². The molecule has 0 aromatic heterocycles. The lowest BCUT2D eigenvalue weighted by Gasteiger charge is -2.13. The predicted octanol–water partition coefficient (Wildman–Crippen LogP) is 3.83. The lowest BCUT2D eigenvalue weighted by Crippen LogP contribution is -2.12. The van der Waals surface area contributed by atoms with Crippen LogP contribution in [0.4, 0.5) is 0 Å². The average Bonchev–Trinajstić information content (AvgIpc) is 2.49. The first kappa shape index (κ1) is 15.7. The van der Waals surface area contributed by atoms with E-state index < -0.39 is 0 Å². The van der Waals surface area contributed by atoms with Crippen molar-refractivity contribution in [3.05, 3.63) is 58.6 Å². The van der Waals surface area contributed by atoms with Crippen LogP contribution in [-0.4, -0.2) is 20.3 Å². The second-order valence-electron chi connectivity index (χ2n) is 4.74. The Kier molecular flexibility index (Phi) is 5.90. The van der Waals surface area contributed by atoms with Crippen molar-refractivity contribution in [1.82, 2.24) is 5.32 Å². The number of ether oxygens (including phenoxy) is 2. The third-order valence-electron chi connectivity index (χ3n) is 3.09. The minimum atomic E-state index is 0.481. The van der Waals surface area contributed by atoms with E-state index in [0.717, 1.165) is 29.2 Å². The molecule has 0 aliphatic heterocycles. The minimum absolute atomic E-state index is 0.481. The molecule has 2 rings (SSSR count). The van der Waals surface area contributed by atoms with Crippen LogP contribution in [0.5, 0.6) is 11.5 Å². The van der Waals surface area contributed by atoms with Gasteiger partial charge in [-0.25, -0.2) is 0 Å². The third kappa shape index (κ3) is 4.66. The van der Waals surface area contributed by atoms with Crippen molar-refractivity contribution in [1.29, 1.82) is 0 Å². The first-order valence-electron chi connectivity index (χ1n) is 6.95. The summed E-state index contributed by atoms with van der Waals surface area (Å²) in [6.45, 7) is 3.75. The SMILES string of the molecule is CNCc1ccccc1OCCOc1cc(Cl)ccc1C. The molecule has 112 valence electrons. The fourth-order valence-electron chi connectivity index (χ4n) is 2.01. The first-order valence-corrected chi connectivity index (χ1v) is 7.33. The van der Waals surface area contributed by atoms with Crippen LogP contribution in [0.3, 0.4) is 0 Å². The molecule has 4 heteroatoms. The Balaban J connectivity index is 1.86. The molecular formula is C17H20ClNO2. The smallest absolute Gasteiger partial charge is 0.123 e. The van der Waals surface area contributed by atoms with E-state index in [0.29, 0.717) is 18.2 Å². The Bertz CT molecular complexity index is 587. The van der Waals surface area contributed by atoms with Crippen LogP contribution in [0.25, 0.3) is 0 Å². The molecule has 0 fully saturated rings. The molecule has 21 heavy (non-hydrogen) atoms. The summed E-state index contributed by atoms with van der Waals surface area (Å²) < 4.78 is 11.5. The van der Waals surface area contributed by atoms with Crippen molar-refractivity contribution in [2.24, 2.45) is 0 Å². The lowest BCUT2D eigenvalue weighted by atomic mass is 10.2. The molecule has 0 heterocycles. The van der Waals surface area contributed by atoms with E-state index in [9.17, 15) is 0 Å². The Morgan fingerprint density at radius 2 is 1.71 bits per heavy atom. The number of rotatable bonds is 7. The number of hydrogen-bond acceptors (Lipinski definition) is 3. The van der Waals surface area contributed by atoms with Crippen molar-refractivity contribution in [3.63, 3.8) is 0 Å². The Hall–Kier alpha value is -1.71. The van der Waals surface area contributed by atoms with Crippen LogP contribution in [0.2, 0.25) is 5.02 Å². The van der Waals surface area contributed by atoms with Gasteiger partial charge < -0.3 is 14.8 Å². The van der Waals surface area contributed by atoms with Crippen LogP contribution in [-0.2, 0) is 6.54 Å². The van der Waals surface area contributed by atoms with E-state index >= 15 is 0 Å². The number of hydrogen-bond donors (Lipinski definition) is 1. The Morgan fingerprint density at radius 3 is 2.48 bits per heavy atom. The van der Waals surface area contributed by atoms with E-state index in [1.165, 1.54) is 0 Å². The number of nitrogens with one attached hydrogen (secondary N) is 1. The van der Waals surface area contributed by atoms with E-state index in [-0.39, 0.29) is 0 Å². The van der Waals surface area contributed by atoms with Crippen LogP contribution >= 0.6 is 11.6 Å². The molecule has 2 aromatic rings. The molecule has 0 atom stereocenters. The largest absolute Gasteiger partial charge is 0.490 e. The highest BCUT2D eigenvalue weighted by molar-refractivity contribution is 6.30. The van der Waals surface area contributed by atoms with Gasteiger partial charge in [-0.15, -0.1) is 0 Å². The molecule has 1 N–H and O–H groups in total. The summed E-state index contributed by atoms with van der Waals surface area (Å²) >= 11 is 5.96. The highest BCUT2D eigenvalue weighted by Gasteiger charge is 2.03. The van der Waals surface area contributed by atoms with E-state index in [2.05, 4.69) is 5.32 Å². The van der Waals surface area contributed by atoms with E-state index in [1.807, 2.05) is 56.4 Å². The molecule has 0 unspecified atom stereocenters. The summed E-state index contributed by atoms with van der Waals surface area (Å²) in [5.41, 5.74) is 2.20. The van der Waals surface area contributed by atoms with Gasteiger partial charge in [0, 0.05) is 17.1 Å². The Labute approximate surface area is 130 Å². The highest BCUT2D eigenvalue weighted by atomic mass is 35.5. The third-order valence-corrected chi connectivity index (χ3v) is 3.32. The van der Waals surface area contributed by atoms with Crippen molar-refractivity contribution in [2.75, 3.05) is 20.3 Å². The second kappa shape index (κ2) is 7.91. The van der Waals surface area contributed by atoms with Crippen molar-refractivity contribution >= 4 is 11.6 Å². The number of aryl methyl sites for hydroxylation is 1. The van der Waals surface area contributed by atoms with Gasteiger partial charge in [-0.2, -0.15) is 0 Å². The predicted molar refractivity (Wildman–Crippen MR) is 86.4 cm³/mol. The van der Waals surface area contributed by atoms with Crippen molar-refractivity contribution in [2.45, 2.75) is 13.5 Å². The summed E-state index contributed by atoms with van der Waals surface area (Å²) in [6, 6.07) is 13.6. The summed E-state index contributed by atoms with van der Waals surface area (Å²) in [7, 11) is 1.92. The summed E-state index contributed by atoms with van der Waals surface area (Å²) in [5.74, 6) is 1.69. The molecule has 0 spiro atoms. The highest BCUT2D eigenvalue weighted by Crippen LogP contribution is 2.22. The summed E-state index contributed by atoms with van der Waals surface area (Å²) in [5, 5.41) is 3.81. The zero-order valence-electron chi connectivity index (χ0n) is 12.4. The van der Waals surface area contributed by atoms with Gasteiger partial charge in [-0.1, -0.05) is 35.9 Å². The first-order chi connectivity index (χ1) is 10.2. The van der Waals surface area contributed by atoms with Gasteiger partial charge in [0.25, 0.3) is 0 Å². The number of benzene rings is 2. The monoisotopic (exact) mass is 305 g/mol. The normalized spacial score (nSPS) is 10.4. The molecule has 2 aromatic carbocycles. The second-order valence-corrected chi connectivity index (χ2v) is 5.18. The van der Waals surface area contributed by atoms with Crippen molar-refractivity contribution in [3.8, 4) is 11.5 Å². The minimum Gasteiger partial charge on any atom is -0.490 e. The molecule has 0 saturated heterocycles.